The highest BCUT2D eigenvalue weighted by Crippen LogP contribution is 2.41. The molecule has 1 aromatic heterocycles. The van der Waals surface area contributed by atoms with Gasteiger partial charge in [0.15, 0.2) is 17.3 Å². The van der Waals surface area contributed by atoms with Gasteiger partial charge in [-0.3, -0.25) is 0 Å². The SMILES string of the molecule is CCCCn1nc(Cc2ccc(OC)c(OC)c2)nc1C1(N)CC1. The number of methoxy groups -OCH3 is 2. The Morgan fingerprint density at radius 2 is 1.96 bits per heavy atom. The number of unbranched alkanes of at least 4 members (excludes halogenated alkanes) is 1. The molecule has 0 spiro atoms. The second kappa shape index (κ2) is 6.81. The van der Waals surface area contributed by atoms with Crippen LogP contribution < -0.4 is 15.2 Å². The fourth-order valence-corrected chi connectivity index (χ4v) is 2.83. The van der Waals surface area contributed by atoms with Crippen LogP contribution in [0.5, 0.6) is 11.5 Å². The molecule has 3 rings (SSSR count). The summed E-state index contributed by atoms with van der Waals surface area (Å²) < 4.78 is 12.7. The molecule has 24 heavy (non-hydrogen) atoms. The second-order valence-electron chi connectivity index (χ2n) is 6.45. The lowest BCUT2D eigenvalue weighted by Crippen LogP contribution is -2.24. The van der Waals surface area contributed by atoms with E-state index >= 15 is 0 Å². The zero-order chi connectivity index (χ0) is 17.2. The van der Waals surface area contributed by atoms with E-state index in [0.717, 1.165) is 60.9 Å². The molecule has 1 aromatic carbocycles. The number of nitrogens with two attached hydrogens (primary N) is 1. The molecule has 1 fully saturated rings. The van der Waals surface area contributed by atoms with Gasteiger partial charge in [0.05, 0.1) is 19.8 Å². The second-order valence-corrected chi connectivity index (χ2v) is 6.45. The van der Waals surface area contributed by atoms with E-state index in [1.54, 1.807) is 14.2 Å². The van der Waals surface area contributed by atoms with Crippen molar-refractivity contribution < 1.29 is 9.47 Å². The summed E-state index contributed by atoms with van der Waals surface area (Å²) in [6.45, 7) is 3.06. The molecule has 130 valence electrons. The normalized spacial score (nSPS) is 15.3. The highest BCUT2D eigenvalue weighted by molar-refractivity contribution is 5.43. The van der Waals surface area contributed by atoms with Crippen molar-refractivity contribution >= 4 is 0 Å². The molecule has 6 nitrogen and oxygen atoms in total. The first kappa shape index (κ1) is 16.8. The predicted molar refractivity (Wildman–Crippen MR) is 92.4 cm³/mol. The van der Waals surface area contributed by atoms with E-state index in [9.17, 15) is 0 Å². The number of aryl methyl sites for hydroxylation is 1. The summed E-state index contributed by atoms with van der Waals surface area (Å²) in [6.07, 6.45) is 4.86. The Balaban J connectivity index is 1.83. The van der Waals surface area contributed by atoms with Gasteiger partial charge in [-0.1, -0.05) is 19.4 Å². The first-order chi connectivity index (χ1) is 11.6. The van der Waals surface area contributed by atoms with Crippen LogP contribution >= 0.6 is 0 Å². The molecule has 2 aromatic rings. The maximum Gasteiger partial charge on any atom is 0.161 e. The summed E-state index contributed by atoms with van der Waals surface area (Å²) in [6, 6.07) is 5.90. The molecular weight excluding hydrogens is 304 g/mol. The smallest absolute Gasteiger partial charge is 0.161 e. The average Bonchev–Trinajstić information content (AvgIpc) is 3.21. The summed E-state index contributed by atoms with van der Waals surface area (Å²) >= 11 is 0. The van der Waals surface area contributed by atoms with Gasteiger partial charge in [0, 0.05) is 13.0 Å². The van der Waals surface area contributed by atoms with Crippen LogP contribution in [-0.2, 0) is 18.5 Å². The predicted octanol–water partition coefficient (Wildman–Crippen LogP) is 2.63. The summed E-state index contributed by atoms with van der Waals surface area (Å²) in [4.78, 5) is 4.75. The molecule has 1 aliphatic rings. The van der Waals surface area contributed by atoms with Crippen LogP contribution in [0.1, 0.15) is 49.8 Å². The van der Waals surface area contributed by atoms with Crippen molar-refractivity contribution in [2.75, 3.05) is 14.2 Å². The van der Waals surface area contributed by atoms with Gasteiger partial charge in [0.1, 0.15) is 5.82 Å². The molecule has 0 amide bonds. The van der Waals surface area contributed by atoms with Gasteiger partial charge in [-0.05, 0) is 37.0 Å². The minimum atomic E-state index is -0.267. The van der Waals surface area contributed by atoms with Crippen molar-refractivity contribution in [1.29, 1.82) is 0 Å². The number of hydrogen-bond acceptors (Lipinski definition) is 5. The van der Waals surface area contributed by atoms with E-state index in [4.69, 9.17) is 25.3 Å². The van der Waals surface area contributed by atoms with Crippen LogP contribution in [0.4, 0.5) is 0 Å². The van der Waals surface area contributed by atoms with Crippen LogP contribution in [-0.4, -0.2) is 29.0 Å². The van der Waals surface area contributed by atoms with Gasteiger partial charge in [-0.25, -0.2) is 9.67 Å². The maximum atomic E-state index is 6.37. The van der Waals surface area contributed by atoms with Crippen molar-refractivity contribution in [3.8, 4) is 11.5 Å². The first-order valence-electron chi connectivity index (χ1n) is 8.53. The van der Waals surface area contributed by atoms with E-state index in [1.165, 1.54) is 0 Å². The molecule has 6 heteroatoms. The summed E-state index contributed by atoms with van der Waals surface area (Å²) in [7, 11) is 3.28. The number of ether oxygens (including phenoxy) is 2. The number of benzene rings is 1. The standard InChI is InChI=1S/C18H26N4O2/c1-4-5-10-22-17(18(19)8-9-18)20-16(21-22)12-13-6-7-14(23-2)15(11-13)24-3/h6-7,11H,4-5,8-10,12,19H2,1-3H3. The monoisotopic (exact) mass is 330 g/mol. The van der Waals surface area contributed by atoms with Crippen molar-refractivity contribution in [2.45, 2.75) is 51.1 Å². The highest BCUT2D eigenvalue weighted by Gasteiger charge is 2.44. The van der Waals surface area contributed by atoms with Crippen LogP contribution in [0.3, 0.4) is 0 Å². The zero-order valence-corrected chi connectivity index (χ0v) is 14.7. The lowest BCUT2D eigenvalue weighted by molar-refractivity contribution is 0.354. The average molecular weight is 330 g/mol. The van der Waals surface area contributed by atoms with Gasteiger partial charge >= 0.3 is 0 Å². The van der Waals surface area contributed by atoms with Gasteiger partial charge < -0.3 is 15.2 Å². The molecule has 0 unspecified atom stereocenters. The minimum Gasteiger partial charge on any atom is -0.493 e. The van der Waals surface area contributed by atoms with Crippen LogP contribution in [0.15, 0.2) is 18.2 Å². The summed E-state index contributed by atoms with van der Waals surface area (Å²) in [5.41, 5.74) is 7.19. The number of hydrogen-bond donors (Lipinski definition) is 1. The summed E-state index contributed by atoms with van der Waals surface area (Å²) in [5.74, 6) is 3.19. The van der Waals surface area contributed by atoms with Crippen molar-refractivity contribution in [1.82, 2.24) is 14.8 Å². The number of nitrogens with zero attached hydrogens (tertiary/aromatic N) is 3. The quantitative estimate of drug-likeness (QED) is 0.805. The molecule has 0 radical (unpaired) electrons. The fraction of sp³-hybridized carbons (Fsp3) is 0.556. The molecule has 0 aliphatic heterocycles. The number of aromatic nitrogens is 3. The third-order valence-corrected chi connectivity index (χ3v) is 4.48. The van der Waals surface area contributed by atoms with Gasteiger partial charge in [-0.2, -0.15) is 5.10 Å². The van der Waals surface area contributed by atoms with E-state index in [1.807, 2.05) is 22.9 Å². The highest BCUT2D eigenvalue weighted by atomic mass is 16.5. The maximum absolute atomic E-state index is 6.37. The Morgan fingerprint density at radius 1 is 1.21 bits per heavy atom. The Bertz CT molecular complexity index is 707. The van der Waals surface area contributed by atoms with Crippen molar-refractivity contribution in [2.24, 2.45) is 5.73 Å². The van der Waals surface area contributed by atoms with E-state index in [-0.39, 0.29) is 5.54 Å². The first-order valence-corrected chi connectivity index (χ1v) is 8.53. The lowest BCUT2D eigenvalue weighted by atomic mass is 10.1. The van der Waals surface area contributed by atoms with E-state index in [2.05, 4.69) is 6.92 Å². The van der Waals surface area contributed by atoms with Crippen molar-refractivity contribution in [3.05, 3.63) is 35.4 Å². The largest absolute Gasteiger partial charge is 0.493 e. The number of rotatable bonds is 8. The van der Waals surface area contributed by atoms with E-state index < -0.39 is 0 Å². The molecule has 0 bridgehead atoms. The van der Waals surface area contributed by atoms with Gasteiger partial charge in [0.25, 0.3) is 0 Å². The van der Waals surface area contributed by atoms with E-state index in [0.29, 0.717) is 6.42 Å². The zero-order valence-electron chi connectivity index (χ0n) is 14.7. The van der Waals surface area contributed by atoms with Gasteiger partial charge in [0.2, 0.25) is 0 Å². The molecule has 0 saturated heterocycles. The Morgan fingerprint density at radius 3 is 2.58 bits per heavy atom. The third-order valence-electron chi connectivity index (χ3n) is 4.48. The third kappa shape index (κ3) is 3.38. The van der Waals surface area contributed by atoms with Gasteiger partial charge in [-0.15, -0.1) is 0 Å². The molecule has 1 heterocycles. The topological polar surface area (TPSA) is 75.2 Å². The Kier molecular flexibility index (Phi) is 4.76. The molecular formula is C18H26N4O2. The van der Waals surface area contributed by atoms with Crippen LogP contribution in [0, 0.1) is 0 Å². The van der Waals surface area contributed by atoms with Crippen molar-refractivity contribution in [3.63, 3.8) is 0 Å². The minimum absolute atomic E-state index is 0.267. The Labute approximate surface area is 143 Å². The Hall–Kier alpha value is -2.08. The fourth-order valence-electron chi connectivity index (χ4n) is 2.83. The van der Waals surface area contributed by atoms with Crippen LogP contribution in [0.2, 0.25) is 0 Å². The van der Waals surface area contributed by atoms with Crippen LogP contribution in [0.25, 0.3) is 0 Å². The lowest BCUT2D eigenvalue weighted by Gasteiger charge is -2.09. The molecule has 2 N–H and O–H groups in total. The molecule has 0 atom stereocenters. The molecule has 1 aliphatic carbocycles. The molecule has 1 saturated carbocycles. The summed E-state index contributed by atoms with van der Waals surface area (Å²) in [5, 5.41) is 4.70.